The molecular formula is C19H28O3. The van der Waals surface area contributed by atoms with Gasteiger partial charge in [0.2, 0.25) is 0 Å². The Kier molecular flexibility index (Phi) is 9.84. The Bertz CT molecular complexity index is 434. The van der Waals surface area contributed by atoms with Gasteiger partial charge in [-0.2, -0.15) is 0 Å². The smallest absolute Gasteiger partial charge is 0.338 e. The summed E-state index contributed by atoms with van der Waals surface area (Å²) in [7, 11) is 0. The van der Waals surface area contributed by atoms with Crippen LogP contribution in [0.4, 0.5) is 0 Å². The SMILES string of the molecule is CCCCCCC=COc1ccc(C(=O)OCCCC)cc1. The highest BCUT2D eigenvalue weighted by molar-refractivity contribution is 5.89. The second-order valence-corrected chi connectivity index (χ2v) is 5.35. The second kappa shape index (κ2) is 11.8. The Balaban J connectivity index is 2.29. The maximum atomic E-state index is 11.7. The zero-order chi connectivity index (χ0) is 16.0. The number of rotatable bonds is 11. The van der Waals surface area contributed by atoms with Gasteiger partial charge in [0.15, 0.2) is 0 Å². The average molecular weight is 304 g/mol. The minimum atomic E-state index is -0.272. The summed E-state index contributed by atoms with van der Waals surface area (Å²) in [6.45, 7) is 4.76. The van der Waals surface area contributed by atoms with E-state index in [1.165, 1.54) is 25.7 Å². The van der Waals surface area contributed by atoms with Crippen molar-refractivity contribution in [3.8, 4) is 5.75 Å². The highest BCUT2D eigenvalue weighted by atomic mass is 16.5. The molecule has 1 aromatic rings. The van der Waals surface area contributed by atoms with Gasteiger partial charge in [-0.25, -0.2) is 4.79 Å². The lowest BCUT2D eigenvalue weighted by molar-refractivity contribution is 0.0499. The third-order valence-corrected chi connectivity index (χ3v) is 3.35. The third kappa shape index (κ3) is 7.87. The molecule has 3 nitrogen and oxygen atoms in total. The van der Waals surface area contributed by atoms with Crippen molar-refractivity contribution in [3.63, 3.8) is 0 Å². The first-order valence-electron chi connectivity index (χ1n) is 8.36. The van der Waals surface area contributed by atoms with Gasteiger partial charge in [-0.05, 0) is 49.6 Å². The molecule has 0 aliphatic rings. The van der Waals surface area contributed by atoms with Crippen LogP contribution < -0.4 is 4.74 Å². The Morgan fingerprint density at radius 1 is 1.00 bits per heavy atom. The van der Waals surface area contributed by atoms with E-state index >= 15 is 0 Å². The summed E-state index contributed by atoms with van der Waals surface area (Å²) in [6.07, 6.45) is 11.8. The first-order chi connectivity index (χ1) is 10.8. The maximum Gasteiger partial charge on any atom is 0.338 e. The normalized spacial score (nSPS) is 10.8. The van der Waals surface area contributed by atoms with Gasteiger partial charge in [-0.3, -0.25) is 0 Å². The van der Waals surface area contributed by atoms with Gasteiger partial charge < -0.3 is 9.47 Å². The maximum absolute atomic E-state index is 11.7. The fraction of sp³-hybridized carbons (Fsp3) is 0.526. The van der Waals surface area contributed by atoms with E-state index in [9.17, 15) is 4.79 Å². The van der Waals surface area contributed by atoms with Crippen molar-refractivity contribution in [1.82, 2.24) is 0 Å². The van der Waals surface area contributed by atoms with E-state index in [0.717, 1.165) is 25.0 Å². The number of hydrogen-bond acceptors (Lipinski definition) is 3. The number of hydrogen-bond donors (Lipinski definition) is 0. The molecule has 0 saturated heterocycles. The summed E-state index contributed by atoms with van der Waals surface area (Å²) >= 11 is 0. The lowest BCUT2D eigenvalue weighted by Crippen LogP contribution is -2.05. The molecule has 22 heavy (non-hydrogen) atoms. The molecule has 0 N–H and O–H groups in total. The molecule has 0 fully saturated rings. The van der Waals surface area contributed by atoms with Gasteiger partial charge in [0.1, 0.15) is 5.75 Å². The van der Waals surface area contributed by atoms with Crippen molar-refractivity contribution in [2.45, 2.75) is 58.8 Å². The molecule has 0 heterocycles. The van der Waals surface area contributed by atoms with E-state index < -0.39 is 0 Å². The number of esters is 1. The number of benzene rings is 1. The van der Waals surface area contributed by atoms with Crippen LogP contribution in [0.5, 0.6) is 5.75 Å². The largest absolute Gasteiger partial charge is 0.465 e. The van der Waals surface area contributed by atoms with Crippen LogP contribution in [0.1, 0.15) is 69.2 Å². The fourth-order valence-electron chi connectivity index (χ4n) is 1.95. The van der Waals surface area contributed by atoms with Gasteiger partial charge in [-0.15, -0.1) is 0 Å². The van der Waals surface area contributed by atoms with E-state index in [2.05, 4.69) is 13.8 Å². The molecular weight excluding hydrogens is 276 g/mol. The van der Waals surface area contributed by atoms with E-state index in [4.69, 9.17) is 9.47 Å². The van der Waals surface area contributed by atoms with Crippen molar-refractivity contribution in [1.29, 1.82) is 0 Å². The van der Waals surface area contributed by atoms with Crippen LogP contribution in [0.2, 0.25) is 0 Å². The molecule has 0 amide bonds. The molecule has 0 aliphatic heterocycles. The number of allylic oxidation sites excluding steroid dienone is 1. The molecule has 3 heteroatoms. The van der Waals surface area contributed by atoms with Crippen LogP contribution in [0.15, 0.2) is 36.6 Å². The van der Waals surface area contributed by atoms with Crippen molar-refractivity contribution in [2.75, 3.05) is 6.61 Å². The molecule has 0 saturated carbocycles. The predicted molar refractivity (Wildman–Crippen MR) is 90.2 cm³/mol. The Hall–Kier alpha value is -1.77. The van der Waals surface area contributed by atoms with Crippen LogP contribution in [-0.4, -0.2) is 12.6 Å². The van der Waals surface area contributed by atoms with Gasteiger partial charge in [0, 0.05) is 0 Å². The number of unbranched alkanes of at least 4 members (excludes halogenated alkanes) is 5. The first-order valence-corrected chi connectivity index (χ1v) is 8.36. The van der Waals surface area contributed by atoms with Gasteiger partial charge >= 0.3 is 5.97 Å². The third-order valence-electron chi connectivity index (χ3n) is 3.35. The molecule has 1 rings (SSSR count). The number of carbonyl (C=O) groups is 1. The molecule has 122 valence electrons. The van der Waals surface area contributed by atoms with Crippen molar-refractivity contribution in [2.24, 2.45) is 0 Å². The monoisotopic (exact) mass is 304 g/mol. The van der Waals surface area contributed by atoms with Crippen LogP contribution in [0.3, 0.4) is 0 Å². The van der Waals surface area contributed by atoms with E-state index in [1.807, 2.05) is 6.08 Å². The molecule has 0 bridgehead atoms. The second-order valence-electron chi connectivity index (χ2n) is 5.35. The highest BCUT2D eigenvalue weighted by Gasteiger charge is 2.06. The minimum absolute atomic E-state index is 0.272. The lowest BCUT2D eigenvalue weighted by Gasteiger charge is -2.05. The van der Waals surface area contributed by atoms with Crippen molar-refractivity contribution >= 4 is 5.97 Å². The van der Waals surface area contributed by atoms with E-state index in [-0.39, 0.29) is 5.97 Å². The molecule has 0 atom stereocenters. The summed E-state index contributed by atoms with van der Waals surface area (Å²) in [5.41, 5.74) is 0.562. The lowest BCUT2D eigenvalue weighted by atomic mass is 10.1. The topological polar surface area (TPSA) is 35.5 Å². The van der Waals surface area contributed by atoms with E-state index in [1.54, 1.807) is 30.5 Å². The fourth-order valence-corrected chi connectivity index (χ4v) is 1.95. The zero-order valence-corrected chi connectivity index (χ0v) is 13.8. The van der Waals surface area contributed by atoms with Crippen molar-refractivity contribution < 1.29 is 14.3 Å². The average Bonchev–Trinajstić information content (AvgIpc) is 2.55. The summed E-state index contributed by atoms with van der Waals surface area (Å²) < 4.78 is 10.7. The summed E-state index contributed by atoms with van der Waals surface area (Å²) in [4.78, 5) is 11.7. The van der Waals surface area contributed by atoms with Gasteiger partial charge in [0.25, 0.3) is 0 Å². The van der Waals surface area contributed by atoms with Crippen LogP contribution in [0.25, 0.3) is 0 Å². The minimum Gasteiger partial charge on any atom is -0.465 e. The Morgan fingerprint density at radius 3 is 2.41 bits per heavy atom. The predicted octanol–water partition coefficient (Wildman–Crippen LogP) is 5.51. The quantitative estimate of drug-likeness (QED) is 0.307. The summed E-state index contributed by atoms with van der Waals surface area (Å²) in [5, 5.41) is 0. The summed E-state index contributed by atoms with van der Waals surface area (Å²) in [6, 6.07) is 7.05. The Morgan fingerprint density at radius 2 is 1.73 bits per heavy atom. The van der Waals surface area contributed by atoms with Gasteiger partial charge in [-0.1, -0.05) is 39.5 Å². The number of ether oxygens (including phenoxy) is 2. The molecule has 0 radical (unpaired) electrons. The molecule has 0 spiro atoms. The molecule has 0 aromatic heterocycles. The van der Waals surface area contributed by atoms with Crippen LogP contribution >= 0.6 is 0 Å². The first kappa shape index (κ1) is 18.3. The molecule has 0 aliphatic carbocycles. The highest BCUT2D eigenvalue weighted by Crippen LogP contribution is 2.14. The number of carbonyl (C=O) groups excluding carboxylic acids is 1. The van der Waals surface area contributed by atoms with Gasteiger partial charge in [0.05, 0.1) is 18.4 Å². The standard InChI is InChI=1S/C19H28O3/c1-3-5-7-8-9-10-16-21-18-13-11-17(12-14-18)19(20)22-15-6-4-2/h10-14,16H,3-9,15H2,1-2H3. The summed E-state index contributed by atoms with van der Waals surface area (Å²) in [5.74, 6) is 0.460. The Labute approximate surface area is 134 Å². The van der Waals surface area contributed by atoms with E-state index in [0.29, 0.717) is 12.2 Å². The van der Waals surface area contributed by atoms with Crippen LogP contribution in [0, 0.1) is 0 Å². The molecule has 1 aromatic carbocycles. The molecule has 0 unspecified atom stereocenters. The van der Waals surface area contributed by atoms with Crippen LogP contribution in [-0.2, 0) is 4.74 Å². The zero-order valence-electron chi connectivity index (χ0n) is 13.8. The van der Waals surface area contributed by atoms with Crippen molar-refractivity contribution in [3.05, 3.63) is 42.2 Å².